The SMILES string of the molecule is O=C(CSc1nc(CC(=O)NC2CC2)cs1)Nc1cccc2ccccc12. The monoisotopic (exact) mass is 397 g/mol. The van der Waals surface area contributed by atoms with Crippen LogP contribution in [0.1, 0.15) is 18.5 Å². The molecular weight excluding hydrogens is 378 g/mol. The van der Waals surface area contributed by atoms with E-state index in [4.69, 9.17) is 0 Å². The Labute approximate surface area is 165 Å². The summed E-state index contributed by atoms with van der Waals surface area (Å²) in [5.41, 5.74) is 1.57. The lowest BCUT2D eigenvalue weighted by Crippen LogP contribution is -2.27. The number of hydrogen-bond acceptors (Lipinski definition) is 5. The van der Waals surface area contributed by atoms with Crippen LogP contribution in [0, 0.1) is 0 Å². The smallest absolute Gasteiger partial charge is 0.234 e. The first-order chi connectivity index (χ1) is 13.2. The van der Waals surface area contributed by atoms with Gasteiger partial charge in [0.25, 0.3) is 0 Å². The van der Waals surface area contributed by atoms with E-state index >= 15 is 0 Å². The van der Waals surface area contributed by atoms with Crippen LogP contribution in [0.3, 0.4) is 0 Å². The van der Waals surface area contributed by atoms with E-state index in [2.05, 4.69) is 15.6 Å². The van der Waals surface area contributed by atoms with Crippen molar-refractivity contribution >= 4 is 51.4 Å². The molecule has 0 saturated heterocycles. The summed E-state index contributed by atoms with van der Waals surface area (Å²) in [7, 11) is 0. The Morgan fingerprint density at radius 1 is 1.11 bits per heavy atom. The van der Waals surface area contributed by atoms with Gasteiger partial charge in [-0.3, -0.25) is 9.59 Å². The Bertz CT molecular complexity index is 977. The van der Waals surface area contributed by atoms with Crippen LogP contribution in [0.2, 0.25) is 0 Å². The van der Waals surface area contributed by atoms with Crippen molar-refractivity contribution in [1.82, 2.24) is 10.3 Å². The van der Waals surface area contributed by atoms with Crippen LogP contribution in [-0.4, -0.2) is 28.6 Å². The van der Waals surface area contributed by atoms with E-state index in [0.717, 1.165) is 39.3 Å². The van der Waals surface area contributed by atoms with Crippen molar-refractivity contribution in [3.63, 3.8) is 0 Å². The zero-order valence-electron chi connectivity index (χ0n) is 14.6. The molecule has 2 N–H and O–H groups in total. The fraction of sp³-hybridized carbons (Fsp3) is 0.250. The molecule has 2 aromatic carbocycles. The normalized spacial score (nSPS) is 13.5. The quantitative estimate of drug-likeness (QED) is 0.594. The Morgan fingerprint density at radius 3 is 2.78 bits per heavy atom. The predicted octanol–water partition coefficient (Wildman–Crippen LogP) is 3.85. The Balaban J connectivity index is 1.30. The van der Waals surface area contributed by atoms with E-state index < -0.39 is 0 Å². The maximum Gasteiger partial charge on any atom is 0.234 e. The fourth-order valence-electron chi connectivity index (χ4n) is 2.75. The standard InChI is InChI=1S/C20H19N3O2S2/c24-18(21-14-8-9-14)10-15-11-26-20(22-15)27-12-19(25)23-17-7-3-5-13-4-1-2-6-16(13)17/h1-7,11,14H,8-10,12H2,(H,21,24)(H,23,25). The van der Waals surface area contributed by atoms with Crippen molar-refractivity contribution in [2.75, 3.05) is 11.1 Å². The average Bonchev–Trinajstić information content (AvgIpc) is 3.36. The molecule has 0 radical (unpaired) electrons. The first kappa shape index (κ1) is 18.0. The molecule has 1 aliphatic rings. The molecule has 3 aromatic rings. The van der Waals surface area contributed by atoms with Gasteiger partial charge < -0.3 is 10.6 Å². The molecule has 0 bridgehead atoms. The lowest BCUT2D eigenvalue weighted by atomic mass is 10.1. The number of amides is 2. The van der Waals surface area contributed by atoms with Crippen molar-refractivity contribution < 1.29 is 9.59 Å². The highest BCUT2D eigenvalue weighted by atomic mass is 32.2. The number of nitrogens with one attached hydrogen (secondary N) is 2. The third-order valence-corrected chi connectivity index (χ3v) is 6.28. The molecule has 27 heavy (non-hydrogen) atoms. The zero-order valence-corrected chi connectivity index (χ0v) is 16.2. The molecule has 0 aliphatic heterocycles. The van der Waals surface area contributed by atoms with Crippen LogP contribution in [0.15, 0.2) is 52.2 Å². The molecule has 1 heterocycles. The van der Waals surface area contributed by atoms with Crippen molar-refractivity contribution in [1.29, 1.82) is 0 Å². The highest BCUT2D eigenvalue weighted by Crippen LogP contribution is 2.26. The minimum Gasteiger partial charge on any atom is -0.353 e. The number of thiazole rings is 1. The minimum atomic E-state index is -0.0698. The summed E-state index contributed by atoms with van der Waals surface area (Å²) in [6.45, 7) is 0. The number of thioether (sulfide) groups is 1. The van der Waals surface area contributed by atoms with Gasteiger partial charge in [-0.2, -0.15) is 0 Å². The van der Waals surface area contributed by atoms with Gasteiger partial charge in [-0.05, 0) is 24.3 Å². The number of benzene rings is 2. The molecule has 0 unspecified atom stereocenters. The Morgan fingerprint density at radius 2 is 1.93 bits per heavy atom. The minimum absolute atomic E-state index is 0.0213. The maximum atomic E-state index is 12.3. The van der Waals surface area contributed by atoms with Crippen LogP contribution < -0.4 is 10.6 Å². The summed E-state index contributed by atoms with van der Waals surface area (Å²) in [6, 6.07) is 14.2. The predicted molar refractivity (Wildman–Crippen MR) is 110 cm³/mol. The molecule has 5 nitrogen and oxygen atoms in total. The number of rotatable bonds is 7. The molecule has 0 spiro atoms. The van der Waals surface area contributed by atoms with Crippen molar-refractivity contribution in [2.45, 2.75) is 29.6 Å². The Hall–Kier alpha value is -2.38. The van der Waals surface area contributed by atoms with Crippen LogP contribution in [0.4, 0.5) is 5.69 Å². The second-order valence-corrected chi connectivity index (χ2v) is 8.57. The molecular formula is C20H19N3O2S2. The summed E-state index contributed by atoms with van der Waals surface area (Å²) in [6.07, 6.45) is 2.46. The first-order valence-electron chi connectivity index (χ1n) is 8.81. The number of fused-ring (bicyclic) bond motifs is 1. The molecule has 1 saturated carbocycles. The topological polar surface area (TPSA) is 71.1 Å². The zero-order chi connectivity index (χ0) is 18.6. The highest BCUT2D eigenvalue weighted by molar-refractivity contribution is 8.01. The summed E-state index contributed by atoms with van der Waals surface area (Å²) < 4.78 is 0.803. The molecule has 1 aliphatic carbocycles. The van der Waals surface area contributed by atoms with E-state index in [1.165, 1.54) is 23.1 Å². The van der Waals surface area contributed by atoms with E-state index in [1.807, 2.05) is 47.8 Å². The number of aromatic nitrogens is 1. The van der Waals surface area contributed by atoms with E-state index in [0.29, 0.717) is 12.5 Å². The average molecular weight is 398 g/mol. The lowest BCUT2D eigenvalue weighted by molar-refractivity contribution is -0.120. The molecule has 4 rings (SSSR count). The van der Waals surface area contributed by atoms with Crippen molar-refractivity contribution in [3.05, 3.63) is 53.5 Å². The summed E-state index contributed by atoms with van der Waals surface area (Å²) in [5, 5.41) is 9.94. The maximum absolute atomic E-state index is 12.3. The summed E-state index contributed by atoms with van der Waals surface area (Å²) in [4.78, 5) is 28.6. The van der Waals surface area contributed by atoms with Gasteiger partial charge in [-0.25, -0.2) is 4.98 Å². The molecule has 0 atom stereocenters. The second kappa shape index (κ2) is 8.10. The second-order valence-electron chi connectivity index (χ2n) is 6.49. The Kier molecular flexibility index (Phi) is 5.40. The van der Waals surface area contributed by atoms with Crippen LogP contribution in [0.5, 0.6) is 0 Å². The highest BCUT2D eigenvalue weighted by Gasteiger charge is 2.23. The molecule has 1 fully saturated rings. The number of carbonyl (C=O) groups is 2. The van der Waals surface area contributed by atoms with Crippen molar-refractivity contribution in [3.8, 4) is 0 Å². The number of hydrogen-bond donors (Lipinski definition) is 2. The molecule has 2 amide bonds. The number of anilines is 1. The lowest BCUT2D eigenvalue weighted by Gasteiger charge is -2.08. The largest absolute Gasteiger partial charge is 0.353 e. The summed E-state index contributed by atoms with van der Waals surface area (Å²) >= 11 is 2.86. The van der Waals surface area contributed by atoms with Gasteiger partial charge in [-0.1, -0.05) is 48.2 Å². The van der Waals surface area contributed by atoms with Gasteiger partial charge in [-0.15, -0.1) is 11.3 Å². The third kappa shape index (κ3) is 4.87. The van der Waals surface area contributed by atoms with Gasteiger partial charge >= 0.3 is 0 Å². The van der Waals surface area contributed by atoms with Crippen LogP contribution in [-0.2, 0) is 16.0 Å². The van der Waals surface area contributed by atoms with E-state index in [9.17, 15) is 9.59 Å². The number of carbonyl (C=O) groups excluding carboxylic acids is 2. The first-order valence-corrected chi connectivity index (χ1v) is 10.7. The third-order valence-electron chi connectivity index (χ3n) is 4.21. The van der Waals surface area contributed by atoms with E-state index in [-0.39, 0.29) is 17.6 Å². The molecule has 7 heteroatoms. The molecule has 1 aromatic heterocycles. The fourth-order valence-corrected chi connectivity index (χ4v) is 4.40. The van der Waals surface area contributed by atoms with Gasteiger partial charge in [0.2, 0.25) is 11.8 Å². The van der Waals surface area contributed by atoms with Gasteiger partial charge in [0.15, 0.2) is 4.34 Å². The van der Waals surface area contributed by atoms with Gasteiger partial charge in [0.1, 0.15) is 0 Å². The summed E-state index contributed by atoms with van der Waals surface area (Å²) in [5.74, 6) is 0.234. The molecule has 138 valence electrons. The number of nitrogens with zero attached hydrogens (tertiary/aromatic N) is 1. The van der Waals surface area contributed by atoms with Crippen molar-refractivity contribution in [2.24, 2.45) is 0 Å². The van der Waals surface area contributed by atoms with E-state index in [1.54, 1.807) is 0 Å². The van der Waals surface area contributed by atoms with Crippen LogP contribution in [0.25, 0.3) is 10.8 Å². The van der Waals surface area contributed by atoms with Gasteiger partial charge in [0, 0.05) is 22.5 Å². The van der Waals surface area contributed by atoms with Crippen LogP contribution >= 0.6 is 23.1 Å². The van der Waals surface area contributed by atoms with Gasteiger partial charge in [0.05, 0.1) is 17.9 Å².